The van der Waals surface area contributed by atoms with E-state index in [9.17, 15) is 13.6 Å². The monoisotopic (exact) mass is 354 g/mol. The van der Waals surface area contributed by atoms with Crippen molar-refractivity contribution in [2.24, 2.45) is 0 Å². The number of rotatable bonds is 3. The van der Waals surface area contributed by atoms with Gasteiger partial charge in [0.1, 0.15) is 11.4 Å². The SMILES string of the molecule is CC(NC(=O)c1c(F)ccc(N)c1F)c1ccccc1Br. The fourth-order valence-electron chi connectivity index (χ4n) is 1.95. The standard InChI is InChI=1S/C15H13BrF2N2O/c1-8(9-4-2-3-5-10(9)16)20-15(21)13-11(17)6-7-12(19)14(13)18/h2-8H,19H2,1H3,(H,20,21). The highest BCUT2D eigenvalue weighted by Crippen LogP contribution is 2.24. The lowest BCUT2D eigenvalue weighted by molar-refractivity contribution is 0.0931. The molecule has 0 aliphatic heterocycles. The molecular weight excluding hydrogens is 342 g/mol. The van der Waals surface area contributed by atoms with Gasteiger partial charge in [-0.3, -0.25) is 4.79 Å². The second-order valence-corrected chi connectivity index (χ2v) is 5.40. The largest absolute Gasteiger partial charge is 0.396 e. The Morgan fingerprint density at radius 1 is 1.24 bits per heavy atom. The summed E-state index contributed by atoms with van der Waals surface area (Å²) in [6.45, 7) is 1.72. The number of halogens is 3. The van der Waals surface area contributed by atoms with Crippen molar-refractivity contribution in [3.8, 4) is 0 Å². The Labute approximate surface area is 129 Å². The summed E-state index contributed by atoms with van der Waals surface area (Å²) in [5.41, 5.74) is 5.22. The van der Waals surface area contributed by atoms with Crippen molar-refractivity contribution in [2.75, 3.05) is 5.73 Å². The molecule has 2 aromatic carbocycles. The third-order valence-corrected chi connectivity index (χ3v) is 3.79. The molecule has 2 aromatic rings. The van der Waals surface area contributed by atoms with E-state index < -0.39 is 29.1 Å². The van der Waals surface area contributed by atoms with Gasteiger partial charge >= 0.3 is 0 Å². The summed E-state index contributed by atoms with van der Waals surface area (Å²) in [5.74, 6) is -2.84. The zero-order valence-electron chi connectivity index (χ0n) is 11.2. The smallest absolute Gasteiger partial charge is 0.257 e. The van der Waals surface area contributed by atoms with Gasteiger partial charge in [-0.2, -0.15) is 0 Å². The highest BCUT2D eigenvalue weighted by Gasteiger charge is 2.21. The highest BCUT2D eigenvalue weighted by atomic mass is 79.9. The molecule has 0 saturated heterocycles. The summed E-state index contributed by atoms with van der Waals surface area (Å²) in [6, 6.07) is 8.90. The zero-order valence-corrected chi connectivity index (χ0v) is 12.7. The van der Waals surface area contributed by atoms with Crippen molar-refractivity contribution in [3.63, 3.8) is 0 Å². The number of benzene rings is 2. The summed E-state index contributed by atoms with van der Waals surface area (Å²) in [6.07, 6.45) is 0. The first kappa shape index (κ1) is 15.4. The van der Waals surface area contributed by atoms with Crippen LogP contribution in [0.5, 0.6) is 0 Å². The van der Waals surface area contributed by atoms with Gasteiger partial charge in [0, 0.05) is 4.47 Å². The number of amides is 1. The molecule has 21 heavy (non-hydrogen) atoms. The Bertz CT molecular complexity index is 691. The van der Waals surface area contributed by atoms with Gasteiger partial charge < -0.3 is 11.1 Å². The van der Waals surface area contributed by atoms with E-state index in [-0.39, 0.29) is 5.69 Å². The zero-order chi connectivity index (χ0) is 15.6. The molecule has 2 rings (SSSR count). The van der Waals surface area contributed by atoms with E-state index in [2.05, 4.69) is 21.2 Å². The average Bonchev–Trinajstić information content (AvgIpc) is 2.43. The molecule has 110 valence electrons. The van der Waals surface area contributed by atoms with Crippen molar-refractivity contribution in [3.05, 3.63) is 63.6 Å². The van der Waals surface area contributed by atoms with Crippen molar-refractivity contribution in [1.29, 1.82) is 0 Å². The van der Waals surface area contributed by atoms with Crippen LogP contribution in [0.1, 0.15) is 28.9 Å². The van der Waals surface area contributed by atoms with Crippen LogP contribution in [0.2, 0.25) is 0 Å². The predicted molar refractivity (Wildman–Crippen MR) is 80.8 cm³/mol. The Morgan fingerprint density at radius 2 is 1.90 bits per heavy atom. The maximum Gasteiger partial charge on any atom is 0.257 e. The molecule has 0 aromatic heterocycles. The normalized spacial score (nSPS) is 12.0. The number of nitrogens with one attached hydrogen (secondary N) is 1. The van der Waals surface area contributed by atoms with Crippen LogP contribution in [-0.2, 0) is 0 Å². The maximum absolute atomic E-state index is 13.8. The minimum absolute atomic E-state index is 0.268. The van der Waals surface area contributed by atoms with Crippen LogP contribution in [0.4, 0.5) is 14.5 Å². The summed E-state index contributed by atoms with van der Waals surface area (Å²) in [7, 11) is 0. The molecule has 0 aliphatic rings. The van der Waals surface area contributed by atoms with Gasteiger partial charge in [0.05, 0.1) is 11.7 Å². The average molecular weight is 355 g/mol. The number of hydrogen-bond acceptors (Lipinski definition) is 2. The van der Waals surface area contributed by atoms with E-state index in [1.807, 2.05) is 18.2 Å². The predicted octanol–water partition coefficient (Wildman–Crippen LogP) is 3.80. The summed E-state index contributed by atoms with van der Waals surface area (Å²) in [4.78, 5) is 12.1. The topological polar surface area (TPSA) is 55.1 Å². The first-order valence-corrected chi connectivity index (χ1v) is 7.00. The van der Waals surface area contributed by atoms with Crippen LogP contribution in [0.15, 0.2) is 40.9 Å². The number of nitrogen functional groups attached to an aromatic ring is 1. The van der Waals surface area contributed by atoms with E-state index in [0.29, 0.717) is 0 Å². The second-order valence-electron chi connectivity index (χ2n) is 4.54. The van der Waals surface area contributed by atoms with Crippen molar-refractivity contribution in [1.82, 2.24) is 5.32 Å². The lowest BCUT2D eigenvalue weighted by Crippen LogP contribution is -2.28. The number of hydrogen-bond donors (Lipinski definition) is 2. The molecule has 0 saturated carbocycles. The molecule has 1 atom stereocenters. The van der Waals surface area contributed by atoms with E-state index in [1.54, 1.807) is 13.0 Å². The Kier molecular flexibility index (Phi) is 4.57. The fourth-order valence-corrected chi connectivity index (χ4v) is 2.58. The van der Waals surface area contributed by atoms with Gasteiger partial charge in [0.2, 0.25) is 0 Å². The molecule has 1 amide bonds. The van der Waals surface area contributed by atoms with Gasteiger partial charge in [-0.15, -0.1) is 0 Å². The molecule has 1 unspecified atom stereocenters. The lowest BCUT2D eigenvalue weighted by Gasteiger charge is -2.16. The van der Waals surface area contributed by atoms with Gasteiger partial charge in [-0.25, -0.2) is 8.78 Å². The quantitative estimate of drug-likeness (QED) is 0.823. The summed E-state index contributed by atoms with van der Waals surface area (Å²) >= 11 is 3.36. The van der Waals surface area contributed by atoms with Crippen LogP contribution in [0.25, 0.3) is 0 Å². The molecule has 0 fully saturated rings. The van der Waals surface area contributed by atoms with Gasteiger partial charge in [-0.05, 0) is 30.7 Å². The first-order valence-electron chi connectivity index (χ1n) is 6.20. The van der Waals surface area contributed by atoms with E-state index >= 15 is 0 Å². The molecule has 6 heteroatoms. The minimum Gasteiger partial charge on any atom is -0.396 e. The van der Waals surface area contributed by atoms with Crippen LogP contribution in [0.3, 0.4) is 0 Å². The Balaban J connectivity index is 2.27. The third-order valence-electron chi connectivity index (χ3n) is 3.07. The van der Waals surface area contributed by atoms with Crippen molar-refractivity contribution < 1.29 is 13.6 Å². The number of anilines is 1. The van der Waals surface area contributed by atoms with Gasteiger partial charge in [-0.1, -0.05) is 34.1 Å². The summed E-state index contributed by atoms with van der Waals surface area (Å²) in [5, 5.41) is 2.56. The Hall–Kier alpha value is -1.95. The molecule has 0 spiro atoms. The molecular formula is C15H13BrF2N2O. The van der Waals surface area contributed by atoms with Gasteiger partial charge in [0.25, 0.3) is 5.91 Å². The second kappa shape index (κ2) is 6.22. The summed E-state index contributed by atoms with van der Waals surface area (Å²) < 4.78 is 28.3. The lowest BCUT2D eigenvalue weighted by atomic mass is 10.1. The van der Waals surface area contributed by atoms with Crippen LogP contribution in [-0.4, -0.2) is 5.91 Å². The first-order chi connectivity index (χ1) is 9.91. The van der Waals surface area contributed by atoms with Crippen LogP contribution < -0.4 is 11.1 Å². The Morgan fingerprint density at radius 3 is 2.57 bits per heavy atom. The fraction of sp³-hybridized carbons (Fsp3) is 0.133. The van der Waals surface area contributed by atoms with E-state index in [1.165, 1.54) is 0 Å². The molecule has 0 aliphatic carbocycles. The van der Waals surface area contributed by atoms with Crippen molar-refractivity contribution in [2.45, 2.75) is 13.0 Å². The number of carbonyl (C=O) groups excluding carboxylic acids is 1. The number of nitrogens with two attached hydrogens (primary N) is 1. The molecule has 3 N–H and O–H groups in total. The molecule has 0 radical (unpaired) electrons. The van der Waals surface area contributed by atoms with Gasteiger partial charge in [0.15, 0.2) is 5.82 Å². The van der Waals surface area contributed by atoms with Crippen molar-refractivity contribution >= 4 is 27.5 Å². The van der Waals surface area contributed by atoms with E-state index in [0.717, 1.165) is 22.2 Å². The van der Waals surface area contributed by atoms with E-state index in [4.69, 9.17) is 5.73 Å². The highest BCUT2D eigenvalue weighted by molar-refractivity contribution is 9.10. The maximum atomic E-state index is 13.8. The molecule has 3 nitrogen and oxygen atoms in total. The minimum atomic E-state index is -1.05. The molecule has 0 heterocycles. The van der Waals surface area contributed by atoms with Crippen LogP contribution >= 0.6 is 15.9 Å². The third kappa shape index (κ3) is 3.21. The molecule has 0 bridgehead atoms. The van der Waals surface area contributed by atoms with Crippen LogP contribution in [0, 0.1) is 11.6 Å². The number of carbonyl (C=O) groups is 1.